The molecule has 0 radical (unpaired) electrons. The Kier molecular flexibility index (Phi) is 7.41. The van der Waals surface area contributed by atoms with Gasteiger partial charge in [-0.05, 0) is 26.0 Å². The number of nitrogens with two attached hydrogens (primary N) is 2. The number of nitrogens with zero attached hydrogens (tertiary/aromatic N) is 3. The van der Waals surface area contributed by atoms with Crippen LogP contribution >= 0.6 is 0 Å². The second-order valence-electron chi connectivity index (χ2n) is 7.09. The molecule has 2 atom stereocenters. The fourth-order valence-corrected chi connectivity index (χ4v) is 3.55. The Morgan fingerprint density at radius 2 is 2.13 bits per heavy atom. The van der Waals surface area contributed by atoms with Crippen molar-refractivity contribution in [2.75, 3.05) is 17.7 Å². The number of hydrogen-bond acceptors (Lipinski definition) is 8. The first kappa shape index (κ1) is 21.3. The highest BCUT2D eigenvalue weighted by molar-refractivity contribution is 6.14. The molecule has 8 N–H and O–H groups in total. The summed E-state index contributed by atoms with van der Waals surface area (Å²) in [5.41, 5.74) is 8.94. The van der Waals surface area contributed by atoms with Crippen LogP contribution < -0.4 is 27.1 Å². The van der Waals surface area contributed by atoms with Crippen LogP contribution in [0.2, 0.25) is 0 Å². The molecule has 0 aliphatic heterocycles. The molecule has 1 aliphatic rings. The second kappa shape index (κ2) is 10.4. The van der Waals surface area contributed by atoms with Gasteiger partial charge in [0.15, 0.2) is 5.69 Å². The van der Waals surface area contributed by atoms with E-state index in [0.29, 0.717) is 17.8 Å². The average molecular weight is 411 g/mol. The molecule has 1 amide bonds. The van der Waals surface area contributed by atoms with E-state index in [1.165, 1.54) is 18.8 Å². The first-order valence-corrected chi connectivity index (χ1v) is 9.94. The van der Waals surface area contributed by atoms with Crippen molar-refractivity contribution in [3.63, 3.8) is 0 Å². The number of anilines is 3. The average Bonchev–Trinajstić information content (AvgIpc) is 2.74. The van der Waals surface area contributed by atoms with Gasteiger partial charge in [-0.15, -0.1) is 0 Å². The first-order chi connectivity index (χ1) is 14.6. The van der Waals surface area contributed by atoms with Crippen LogP contribution in [0, 0.1) is 5.41 Å². The molecular weight excluding hydrogens is 382 g/mol. The van der Waals surface area contributed by atoms with Crippen LogP contribution in [0.25, 0.3) is 0 Å². The normalized spacial score (nSPS) is 18.8. The third-order valence-electron chi connectivity index (χ3n) is 5.04. The van der Waals surface area contributed by atoms with Crippen molar-refractivity contribution < 1.29 is 10.2 Å². The molecular formula is C20H28N9O+. The number of hydrogen-bond donors (Lipinski definition) is 6. The molecule has 0 bridgehead atoms. The van der Waals surface area contributed by atoms with Crippen LogP contribution in [0.4, 0.5) is 23.1 Å². The van der Waals surface area contributed by atoms with E-state index < -0.39 is 5.91 Å². The van der Waals surface area contributed by atoms with Crippen LogP contribution in [0.1, 0.15) is 36.0 Å². The third kappa shape index (κ3) is 5.58. The summed E-state index contributed by atoms with van der Waals surface area (Å²) in [5.74, 6) is 0.193. The number of carbonyl (C=O) groups is 1. The lowest BCUT2D eigenvalue weighted by Crippen LogP contribution is -2.71. The second-order valence-corrected chi connectivity index (χ2v) is 7.09. The highest BCUT2D eigenvalue weighted by Crippen LogP contribution is 2.24. The monoisotopic (exact) mass is 410 g/mol. The SMILES string of the molecule is CNC1CCCCC1Nc1ncc(C(N)=O)c(Nc2cccc([NH2+]N=CC=N)c2)n1. The fourth-order valence-electron chi connectivity index (χ4n) is 3.55. The number of quaternary nitrogens is 1. The number of carbonyl (C=O) groups excluding carboxylic acids is 1. The molecule has 1 aromatic heterocycles. The Morgan fingerprint density at radius 3 is 2.87 bits per heavy atom. The van der Waals surface area contributed by atoms with Gasteiger partial charge in [-0.2, -0.15) is 10.4 Å². The van der Waals surface area contributed by atoms with Crippen molar-refractivity contribution >= 4 is 41.5 Å². The molecule has 30 heavy (non-hydrogen) atoms. The van der Waals surface area contributed by atoms with Gasteiger partial charge in [0, 0.05) is 42.3 Å². The topological polar surface area (TPSA) is 158 Å². The molecule has 10 nitrogen and oxygen atoms in total. The van der Waals surface area contributed by atoms with Crippen molar-refractivity contribution in [3.8, 4) is 0 Å². The molecule has 158 valence electrons. The predicted molar refractivity (Wildman–Crippen MR) is 118 cm³/mol. The predicted octanol–water partition coefficient (Wildman–Crippen LogP) is 1.09. The first-order valence-electron chi connectivity index (χ1n) is 9.94. The van der Waals surface area contributed by atoms with Crippen LogP contribution in [0.5, 0.6) is 0 Å². The molecule has 3 rings (SSSR count). The maximum atomic E-state index is 11.9. The summed E-state index contributed by atoms with van der Waals surface area (Å²) in [6.45, 7) is 0. The molecule has 10 heteroatoms. The summed E-state index contributed by atoms with van der Waals surface area (Å²) in [4.78, 5) is 20.7. The third-order valence-corrected chi connectivity index (χ3v) is 5.04. The minimum atomic E-state index is -0.604. The molecule has 1 saturated carbocycles. The van der Waals surface area contributed by atoms with E-state index >= 15 is 0 Å². The minimum absolute atomic E-state index is 0.213. The maximum absolute atomic E-state index is 11.9. The zero-order valence-electron chi connectivity index (χ0n) is 16.9. The van der Waals surface area contributed by atoms with E-state index in [1.807, 2.05) is 31.3 Å². The van der Waals surface area contributed by atoms with Gasteiger partial charge in [-0.3, -0.25) is 4.79 Å². The minimum Gasteiger partial charge on any atom is -0.365 e. The van der Waals surface area contributed by atoms with Gasteiger partial charge in [0.05, 0.1) is 0 Å². The van der Waals surface area contributed by atoms with Gasteiger partial charge < -0.3 is 27.1 Å². The van der Waals surface area contributed by atoms with Crippen molar-refractivity contribution in [1.29, 1.82) is 5.41 Å². The standard InChI is InChI=1S/C20H27N9O/c1-23-16-7-2-3-8-17(16)27-20-24-12-15(18(22)30)19(28-20)26-13-5-4-6-14(11-13)29-25-10-9-21/h4-6,9-12,16-17,21,23,29H,2-3,7-8H2,1H3,(H2,22,30)(H2,24,26,27,28)/p+1. The lowest BCUT2D eigenvalue weighted by molar-refractivity contribution is -0.576. The summed E-state index contributed by atoms with van der Waals surface area (Å²) < 4.78 is 0. The zero-order valence-corrected chi connectivity index (χ0v) is 16.9. The lowest BCUT2D eigenvalue weighted by Gasteiger charge is -2.32. The van der Waals surface area contributed by atoms with Gasteiger partial charge in [0.25, 0.3) is 5.91 Å². The number of likely N-dealkylation sites (N-methyl/N-ethyl adjacent to an activating group) is 1. The highest BCUT2D eigenvalue weighted by Gasteiger charge is 2.24. The quantitative estimate of drug-likeness (QED) is 0.157. The van der Waals surface area contributed by atoms with Gasteiger partial charge in [0.1, 0.15) is 17.6 Å². The number of rotatable bonds is 9. The van der Waals surface area contributed by atoms with Crippen LogP contribution in [-0.2, 0) is 0 Å². The van der Waals surface area contributed by atoms with Crippen molar-refractivity contribution in [1.82, 2.24) is 15.3 Å². The molecule has 1 heterocycles. The van der Waals surface area contributed by atoms with Crippen molar-refractivity contribution in [3.05, 3.63) is 36.0 Å². The summed E-state index contributed by atoms with van der Waals surface area (Å²) in [7, 11) is 1.96. The Labute approximate surface area is 175 Å². The van der Waals surface area contributed by atoms with Gasteiger partial charge >= 0.3 is 0 Å². The molecule has 1 aromatic carbocycles. The zero-order chi connectivity index (χ0) is 21.3. The van der Waals surface area contributed by atoms with E-state index in [9.17, 15) is 4.79 Å². The van der Waals surface area contributed by atoms with E-state index in [0.717, 1.165) is 36.9 Å². The number of primary amides is 1. The maximum Gasteiger partial charge on any atom is 0.254 e. The van der Waals surface area contributed by atoms with Crippen LogP contribution in [0.3, 0.4) is 0 Å². The number of benzene rings is 1. The summed E-state index contributed by atoms with van der Waals surface area (Å²) >= 11 is 0. The van der Waals surface area contributed by atoms with E-state index in [4.69, 9.17) is 11.1 Å². The molecule has 2 aromatic rings. The lowest BCUT2D eigenvalue weighted by atomic mass is 9.90. The van der Waals surface area contributed by atoms with Crippen LogP contribution in [0.15, 0.2) is 35.6 Å². The van der Waals surface area contributed by atoms with Gasteiger partial charge in [-0.1, -0.05) is 24.0 Å². The summed E-state index contributed by atoms with van der Waals surface area (Å²) in [6.07, 6.45) is 8.43. The van der Waals surface area contributed by atoms with Crippen molar-refractivity contribution in [2.45, 2.75) is 37.8 Å². The molecule has 2 unspecified atom stereocenters. The molecule has 1 aliphatic carbocycles. The van der Waals surface area contributed by atoms with Crippen LogP contribution in [-0.4, -0.2) is 47.4 Å². The Hall–Kier alpha value is -3.37. The Balaban J connectivity index is 1.81. The summed E-state index contributed by atoms with van der Waals surface area (Å²) in [5, 5.41) is 20.9. The number of amides is 1. The Morgan fingerprint density at radius 1 is 1.33 bits per heavy atom. The van der Waals surface area contributed by atoms with E-state index in [1.54, 1.807) is 5.43 Å². The smallest absolute Gasteiger partial charge is 0.254 e. The molecule has 0 saturated heterocycles. The molecule has 0 spiro atoms. The Bertz CT molecular complexity index is 915. The molecule has 1 fully saturated rings. The fraction of sp³-hybridized carbons (Fsp3) is 0.350. The van der Waals surface area contributed by atoms with E-state index in [2.05, 4.69) is 31.0 Å². The van der Waals surface area contributed by atoms with Gasteiger partial charge in [-0.25, -0.2) is 4.98 Å². The number of aromatic nitrogens is 2. The van der Waals surface area contributed by atoms with Crippen molar-refractivity contribution in [2.24, 2.45) is 10.8 Å². The highest BCUT2D eigenvalue weighted by atomic mass is 16.1. The van der Waals surface area contributed by atoms with E-state index in [-0.39, 0.29) is 11.6 Å². The van der Waals surface area contributed by atoms with Gasteiger partial charge in [0.2, 0.25) is 5.95 Å². The summed E-state index contributed by atoms with van der Waals surface area (Å²) in [6, 6.07) is 8.03. The number of nitrogens with one attached hydrogen (secondary N) is 4. The largest absolute Gasteiger partial charge is 0.365 e.